The Balaban J connectivity index is 1.64. The normalized spacial score (nSPS) is 19.7. The molecule has 7 heteroatoms. The van der Waals surface area contributed by atoms with Crippen molar-refractivity contribution in [2.75, 3.05) is 12.4 Å². The van der Waals surface area contributed by atoms with Gasteiger partial charge >= 0.3 is 0 Å². The second kappa shape index (κ2) is 8.68. The van der Waals surface area contributed by atoms with Crippen LogP contribution in [0.2, 0.25) is 0 Å². The van der Waals surface area contributed by atoms with Crippen molar-refractivity contribution in [3.63, 3.8) is 0 Å². The number of fused-ring (bicyclic) bond motifs is 1. The van der Waals surface area contributed by atoms with E-state index in [1.807, 2.05) is 18.2 Å². The second-order valence-electron chi connectivity index (χ2n) is 6.67. The highest BCUT2D eigenvalue weighted by molar-refractivity contribution is 7.99. The minimum absolute atomic E-state index is 0.125. The summed E-state index contributed by atoms with van der Waals surface area (Å²) in [6, 6.07) is 5.16. The average Bonchev–Trinajstić information content (AvgIpc) is 2.96. The maximum absolute atomic E-state index is 12.8. The van der Waals surface area contributed by atoms with Gasteiger partial charge in [-0.15, -0.1) is 11.8 Å². The average molecular weight is 376 g/mol. The lowest BCUT2D eigenvalue weighted by Gasteiger charge is -2.29. The van der Waals surface area contributed by atoms with Gasteiger partial charge < -0.3 is 10.0 Å². The van der Waals surface area contributed by atoms with Crippen LogP contribution in [0.1, 0.15) is 54.4 Å². The van der Waals surface area contributed by atoms with Crippen molar-refractivity contribution in [3.05, 3.63) is 29.3 Å². The molecule has 2 N–H and O–H groups in total. The molecule has 1 saturated heterocycles. The standard InChI is InChI=1S/C19H24N2O4S/c22-10-3-1-2-4-11-26-16-7-5-6-13-14(16)12-21(19(13)25)15-8-9-17(23)20-18(15)24/h5-7,15,22H,1-4,8-12H2,(H,20,23,24). The van der Waals surface area contributed by atoms with Gasteiger partial charge in [0.15, 0.2) is 0 Å². The van der Waals surface area contributed by atoms with E-state index < -0.39 is 6.04 Å². The van der Waals surface area contributed by atoms with E-state index in [1.54, 1.807) is 16.7 Å². The van der Waals surface area contributed by atoms with Crippen molar-refractivity contribution >= 4 is 29.5 Å². The molecule has 6 nitrogen and oxygen atoms in total. The topological polar surface area (TPSA) is 86.7 Å². The van der Waals surface area contributed by atoms with Crippen LogP contribution in [0.25, 0.3) is 0 Å². The molecule has 140 valence electrons. The van der Waals surface area contributed by atoms with E-state index >= 15 is 0 Å². The molecule has 3 amide bonds. The molecule has 0 radical (unpaired) electrons. The van der Waals surface area contributed by atoms with Gasteiger partial charge in [-0.2, -0.15) is 0 Å². The van der Waals surface area contributed by atoms with E-state index in [0.717, 1.165) is 41.9 Å². The number of amides is 3. The predicted molar refractivity (Wildman–Crippen MR) is 98.8 cm³/mol. The van der Waals surface area contributed by atoms with E-state index in [9.17, 15) is 14.4 Å². The number of carbonyl (C=O) groups excluding carboxylic acids is 3. The molecule has 2 aliphatic rings. The summed E-state index contributed by atoms with van der Waals surface area (Å²) in [4.78, 5) is 38.9. The second-order valence-corrected chi connectivity index (χ2v) is 7.81. The summed E-state index contributed by atoms with van der Waals surface area (Å²) in [6.45, 7) is 0.672. The van der Waals surface area contributed by atoms with Crippen molar-refractivity contribution in [2.45, 2.75) is 56.0 Å². The molecule has 1 atom stereocenters. The van der Waals surface area contributed by atoms with Gasteiger partial charge in [0.1, 0.15) is 6.04 Å². The summed E-state index contributed by atoms with van der Waals surface area (Å²) in [5.74, 6) is 0.197. The first-order valence-corrected chi connectivity index (χ1v) is 10.1. The van der Waals surface area contributed by atoms with Gasteiger partial charge in [0.05, 0.1) is 0 Å². The third-order valence-electron chi connectivity index (χ3n) is 4.85. The van der Waals surface area contributed by atoms with Crippen LogP contribution in [0.5, 0.6) is 0 Å². The Hall–Kier alpha value is -1.86. The van der Waals surface area contributed by atoms with Crippen LogP contribution in [0.4, 0.5) is 0 Å². The number of thioether (sulfide) groups is 1. The summed E-state index contributed by atoms with van der Waals surface area (Å²) in [6.07, 6.45) is 4.69. The lowest BCUT2D eigenvalue weighted by atomic mass is 10.0. The van der Waals surface area contributed by atoms with Gasteiger partial charge in [-0.1, -0.05) is 18.9 Å². The molecule has 0 saturated carbocycles. The van der Waals surface area contributed by atoms with E-state index in [-0.39, 0.29) is 30.7 Å². The molecule has 1 unspecified atom stereocenters. The summed E-state index contributed by atoms with van der Waals surface area (Å²) in [7, 11) is 0. The Bertz CT molecular complexity index is 707. The van der Waals surface area contributed by atoms with Gasteiger partial charge in [0.25, 0.3) is 5.91 Å². The number of aliphatic hydroxyl groups excluding tert-OH is 1. The molecular weight excluding hydrogens is 352 g/mol. The van der Waals surface area contributed by atoms with Gasteiger partial charge in [-0.3, -0.25) is 19.7 Å². The highest BCUT2D eigenvalue weighted by Crippen LogP contribution is 2.34. The molecular formula is C19H24N2O4S. The third-order valence-corrected chi connectivity index (χ3v) is 6.04. The van der Waals surface area contributed by atoms with Gasteiger partial charge in [-0.05, 0) is 42.7 Å². The number of rotatable bonds is 8. The van der Waals surface area contributed by atoms with Crippen LogP contribution in [-0.4, -0.2) is 46.1 Å². The van der Waals surface area contributed by atoms with Gasteiger partial charge in [-0.25, -0.2) is 0 Å². The summed E-state index contributed by atoms with van der Waals surface area (Å²) < 4.78 is 0. The van der Waals surface area contributed by atoms with Crippen molar-refractivity contribution in [1.82, 2.24) is 10.2 Å². The van der Waals surface area contributed by atoms with Gasteiger partial charge in [0.2, 0.25) is 11.8 Å². The SMILES string of the molecule is O=C1CCC(N2Cc3c(SCCCCCCO)cccc3C2=O)C(=O)N1. The largest absolute Gasteiger partial charge is 0.396 e. The van der Waals surface area contributed by atoms with Crippen LogP contribution < -0.4 is 5.32 Å². The van der Waals surface area contributed by atoms with Crippen LogP contribution >= 0.6 is 11.8 Å². The van der Waals surface area contributed by atoms with Gasteiger partial charge in [0, 0.05) is 30.0 Å². The minimum atomic E-state index is -0.566. The molecule has 1 aromatic rings. The van der Waals surface area contributed by atoms with E-state index in [4.69, 9.17) is 5.11 Å². The number of imide groups is 1. The Kier molecular flexibility index (Phi) is 6.32. The quantitative estimate of drug-likeness (QED) is 0.412. The predicted octanol–water partition coefficient (Wildman–Crippen LogP) is 2.09. The fraction of sp³-hybridized carbons (Fsp3) is 0.526. The zero-order valence-electron chi connectivity index (χ0n) is 14.7. The number of aliphatic hydroxyl groups is 1. The number of nitrogens with one attached hydrogen (secondary N) is 1. The molecule has 0 aromatic heterocycles. The van der Waals surface area contributed by atoms with Crippen molar-refractivity contribution in [1.29, 1.82) is 0 Å². The Morgan fingerprint density at radius 3 is 2.73 bits per heavy atom. The zero-order chi connectivity index (χ0) is 18.5. The smallest absolute Gasteiger partial charge is 0.255 e. The fourth-order valence-corrected chi connectivity index (χ4v) is 4.53. The number of benzene rings is 1. The third kappa shape index (κ3) is 4.10. The van der Waals surface area contributed by atoms with E-state index in [0.29, 0.717) is 18.5 Å². The molecule has 1 aromatic carbocycles. The Morgan fingerprint density at radius 1 is 1.15 bits per heavy atom. The summed E-state index contributed by atoms with van der Waals surface area (Å²) in [5, 5.41) is 11.1. The molecule has 0 bridgehead atoms. The highest BCUT2D eigenvalue weighted by atomic mass is 32.2. The van der Waals surface area contributed by atoms with E-state index in [2.05, 4.69) is 5.32 Å². The van der Waals surface area contributed by atoms with Crippen molar-refractivity contribution in [3.8, 4) is 0 Å². The number of nitrogens with zero attached hydrogens (tertiary/aromatic N) is 1. The first-order chi connectivity index (χ1) is 12.6. The minimum Gasteiger partial charge on any atom is -0.396 e. The maximum atomic E-state index is 12.8. The zero-order valence-corrected chi connectivity index (χ0v) is 15.5. The lowest BCUT2D eigenvalue weighted by molar-refractivity contribution is -0.136. The fourth-order valence-electron chi connectivity index (χ4n) is 3.44. The number of carbonyl (C=O) groups is 3. The Labute approximate surface area is 157 Å². The number of unbranched alkanes of at least 4 members (excludes halogenated alkanes) is 3. The maximum Gasteiger partial charge on any atom is 0.255 e. The molecule has 1 fully saturated rings. The monoisotopic (exact) mass is 376 g/mol. The van der Waals surface area contributed by atoms with Crippen molar-refractivity contribution < 1.29 is 19.5 Å². The first kappa shape index (κ1) is 18.9. The van der Waals surface area contributed by atoms with Crippen LogP contribution in [0, 0.1) is 0 Å². The summed E-state index contributed by atoms with van der Waals surface area (Å²) in [5.41, 5.74) is 1.66. The van der Waals surface area contributed by atoms with E-state index in [1.165, 1.54) is 0 Å². The highest BCUT2D eigenvalue weighted by Gasteiger charge is 2.39. The summed E-state index contributed by atoms with van der Waals surface area (Å²) >= 11 is 1.74. The van der Waals surface area contributed by atoms with Crippen LogP contribution in [0.15, 0.2) is 23.1 Å². The molecule has 0 spiro atoms. The molecule has 3 rings (SSSR count). The number of piperidine rings is 1. The van der Waals surface area contributed by atoms with Crippen LogP contribution in [-0.2, 0) is 16.1 Å². The lowest BCUT2D eigenvalue weighted by Crippen LogP contribution is -2.52. The first-order valence-electron chi connectivity index (χ1n) is 9.12. The van der Waals surface area contributed by atoms with Crippen LogP contribution in [0.3, 0.4) is 0 Å². The molecule has 0 aliphatic carbocycles. The molecule has 2 heterocycles. The molecule has 26 heavy (non-hydrogen) atoms. The number of hydrogen-bond donors (Lipinski definition) is 2. The molecule has 2 aliphatic heterocycles. The van der Waals surface area contributed by atoms with Crippen molar-refractivity contribution in [2.24, 2.45) is 0 Å². The Morgan fingerprint density at radius 2 is 1.96 bits per heavy atom. The number of hydrogen-bond acceptors (Lipinski definition) is 5.